The average molecular weight is 151 g/mol. The summed E-state index contributed by atoms with van der Waals surface area (Å²) in [7, 11) is 0. The van der Waals surface area contributed by atoms with E-state index in [1.807, 2.05) is 6.92 Å². The molecule has 0 amide bonds. The molecule has 1 unspecified atom stereocenters. The second kappa shape index (κ2) is 2.08. The first kappa shape index (κ1) is 6.85. The van der Waals surface area contributed by atoms with E-state index >= 15 is 0 Å². The number of nitrogens with two attached hydrogens (primary N) is 1. The van der Waals surface area contributed by atoms with Crippen molar-refractivity contribution in [2.75, 3.05) is 0 Å². The zero-order chi connectivity index (χ0) is 8.01. The van der Waals surface area contributed by atoms with E-state index in [0.717, 1.165) is 24.5 Å². The summed E-state index contributed by atoms with van der Waals surface area (Å²) in [4.78, 5) is 4.41. The second-order valence-corrected chi connectivity index (χ2v) is 3.19. The van der Waals surface area contributed by atoms with Crippen LogP contribution in [0.2, 0.25) is 0 Å². The van der Waals surface area contributed by atoms with Crippen LogP contribution in [0, 0.1) is 13.8 Å². The highest BCUT2D eigenvalue weighted by Crippen LogP contribution is 2.25. The molecule has 0 aromatic carbocycles. The summed E-state index contributed by atoms with van der Waals surface area (Å²) in [5.74, 6) is 1.07. The molecule has 1 aromatic heterocycles. The molecular formula is C8H13N3. The highest BCUT2D eigenvalue weighted by Gasteiger charge is 2.22. The van der Waals surface area contributed by atoms with E-state index in [9.17, 15) is 0 Å². The first-order valence-electron chi connectivity index (χ1n) is 3.99. The molecular weight excluding hydrogens is 138 g/mol. The lowest BCUT2D eigenvalue weighted by molar-refractivity contribution is 0.670. The van der Waals surface area contributed by atoms with Crippen molar-refractivity contribution < 1.29 is 0 Å². The molecule has 1 aliphatic heterocycles. The maximum absolute atomic E-state index is 5.85. The molecule has 0 spiro atoms. The number of aromatic nitrogens is 2. The molecule has 1 atom stereocenters. The number of fused-ring (bicyclic) bond motifs is 1. The fraction of sp³-hybridized carbons (Fsp3) is 0.625. The van der Waals surface area contributed by atoms with E-state index in [1.54, 1.807) is 0 Å². The Labute approximate surface area is 66.2 Å². The number of hydrogen-bond donors (Lipinski definition) is 1. The SMILES string of the molecule is Cc1nc2n(c1C)CCC2N. The molecule has 0 fully saturated rings. The predicted molar refractivity (Wildman–Crippen MR) is 43.2 cm³/mol. The molecule has 2 rings (SSSR count). The third-order valence-corrected chi connectivity index (χ3v) is 2.48. The molecule has 3 nitrogen and oxygen atoms in total. The Morgan fingerprint density at radius 1 is 1.55 bits per heavy atom. The molecule has 2 N–H and O–H groups in total. The largest absolute Gasteiger partial charge is 0.331 e. The third-order valence-electron chi connectivity index (χ3n) is 2.48. The van der Waals surface area contributed by atoms with Crippen molar-refractivity contribution in [3.05, 3.63) is 17.2 Å². The quantitative estimate of drug-likeness (QED) is 0.598. The van der Waals surface area contributed by atoms with Gasteiger partial charge < -0.3 is 10.3 Å². The Hall–Kier alpha value is -0.830. The summed E-state index contributed by atoms with van der Waals surface area (Å²) in [5, 5.41) is 0. The molecule has 1 aromatic rings. The van der Waals surface area contributed by atoms with Crippen LogP contribution in [0.15, 0.2) is 0 Å². The number of aryl methyl sites for hydroxylation is 1. The molecule has 0 bridgehead atoms. The Morgan fingerprint density at radius 2 is 2.27 bits per heavy atom. The van der Waals surface area contributed by atoms with Crippen LogP contribution in [0.1, 0.15) is 29.7 Å². The Bertz CT molecular complexity index is 288. The lowest BCUT2D eigenvalue weighted by Crippen LogP contribution is -2.06. The minimum Gasteiger partial charge on any atom is -0.331 e. The number of imidazole rings is 1. The van der Waals surface area contributed by atoms with Gasteiger partial charge in [0.25, 0.3) is 0 Å². The van der Waals surface area contributed by atoms with Gasteiger partial charge in [-0.05, 0) is 20.3 Å². The Balaban J connectivity index is 2.57. The average Bonchev–Trinajstić information content (AvgIpc) is 2.43. The fourth-order valence-corrected chi connectivity index (χ4v) is 1.64. The van der Waals surface area contributed by atoms with Crippen molar-refractivity contribution in [2.45, 2.75) is 32.9 Å². The molecule has 1 aliphatic rings. The molecule has 0 aliphatic carbocycles. The minimum absolute atomic E-state index is 0.169. The van der Waals surface area contributed by atoms with Crippen LogP contribution in [0.3, 0.4) is 0 Å². The van der Waals surface area contributed by atoms with Gasteiger partial charge in [-0.2, -0.15) is 0 Å². The summed E-state index contributed by atoms with van der Waals surface area (Å²) in [5.41, 5.74) is 8.24. The van der Waals surface area contributed by atoms with E-state index in [4.69, 9.17) is 5.73 Å². The smallest absolute Gasteiger partial charge is 0.126 e. The van der Waals surface area contributed by atoms with Crippen molar-refractivity contribution in [2.24, 2.45) is 5.73 Å². The zero-order valence-corrected chi connectivity index (χ0v) is 6.96. The first-order valence-corrected chi connectivity index (χ1v) is 3.99. The summed E-state index contributed by atoms with van der Waals surface area (Å²) in [6, 6.07) is 0.169. The fourth-order valence-electron chi connectivity index (χ4n) is 1.64. The van der Waals surface area contributed by atoms with Crippen molar-refractivity contribution in [3.8, 4) is 0 Å². The van der Waals surface area contributed by atoms with Gasteiger partial charge in [-0.25, -0.2) is 4.98 Å². The third kappa shape index (κ3) is 0.807. The highest BCUT2D eigenvalue weighted by atomic mass is 15.1. The van der Waals surface area contributed by atoms with Crippen LogP contribution in [0.25, 0.3) is 0 Å². The maximum atomic E-state index is 5.85. The Morgan fingerprint density at radius 3 is 2.91 bits per heavy atom. The van der Waals surface area contributed by atoms with Gasteiger partial charge in [0.05, 0.1) is 11.7 Å². The van der Waals surface area contributed by atoms with Gasteiger partial charge in [-0.1, -0.05) is 0 Å². The van der Waals surface area contributed by atoms with E-state index in [1.165, 1.54) is 5.69 Å². The highest BCUT2D eigenvalue weighted by molar-refractivity contribution is 5.18. The molecule has 3 heteroatoms. The molecule has 2 heterocycles. The normalized spacial score (nSPS) is 22.3. The van der Waals surface area contributed by atoms with Gasteiger partial charge in [0.15, 0.2) is 0 Å². The monoisotopic (exact) mass is 151 g/mol. The maximum Gasteiger partial charge on any atom is 0.126 e. The second-order valence-electron chi connectivity index (χ2n) is 3.19. The summed E-state index contributed by atoms with van der Waals surface area (Å²) in [6.45, 7) is 5.18. The van der Waals surface area contributed by atoms with Gasteiger partial charge in [-0.3, -0.25) is 0 Å². The first-order chi connectivity index (χ1) is 5.20. The molecule has 60 valence electrons. The van der Waals surface area contributed by atoms with Crippen molar-refractivity contribution >= 4 is 0 Å². The van der Waals surface area contributed by atoms with Crippen LogP contribution in [-0.2, 0) is 6.54 Å². The van der Waals surface area contributed by atoms with E-state index in [-0.39, 0.29) is 6.04 Å². The summed E-state index contributed by atoms with van der Waals surface area (Å²) in [6.07, 6.45) is 1.05. The van der Waals surface area contributed by atoms with Crippen LogP contribution in [0.5, 0.6) is 0 Å². The number of rotatable bonds is 0. The number of hydrogen-bond acceptors (Lipinski definition) is 2. The zero-order valence-electron chi connectivity index (χ0n) is 6.96. The molecule has 0 saturated heterocycles. The number of nitrogens with zero attached hydrogens (tertiary/aromatic N) is 2. The van der Waals surface area contributed by atoms with Crippen molar-refractivity contribution in [1.82, 2.24) is 9.55 Å². The van der Waals surface area contributed by atoms with Gasteiger partial charge in [0, 0.05) is 12.2 Å². The van der Waals surface area contributed by atoms with Crippen LogP contribution in [0.4, 0.5) is 0 Å². The minimum atomic E-state index is 0.169. The predicted octanol–water partition coefficient (Wildman–Crippen LogP) is 0.903. The lowest BCUT2D eigenvalue weighted by atomic mass is 10.2. The lowest BCUT2D eigenvalue weighted by Gasteiger charge is -1.97. The summed E-state index contributed by atoms with van der Waals surface area (Å²) < 4.78 is 2.22. The topological polar surface area (TPSA) is 43.8 Å². The molecule has 0 saturated carbocycles. The van der Waals surface area contributed by atoms with E-state index < -0.39 is 0 Å². The van der Waals surface area contributed by atoms with Crippen molar-refractivity contribution in [3.63, 3.8) is 0 Å². The van der Waals surface area contributed by atoms with E-state index in [0.29, 0.717) is 0 Å². The standard InChI is InChI=1S/C8H13N3/c1-5-6(2)11-4-3-7(9)8(11)10-5/h7H,3-4,9H2,1-2H3. The van der Waals surface area contributed by atoms with Gasteiger partial charge in [-0.15, -0.1) is 0 Å². The summed E-state index contributed by atoms with van der Waals surface area (Å²) >= 11 is 0. The van der Waals surface area contributed by atoms with Crippen molar-refractivity contribution in [1.29, 1.82) is 0 Å². The van der Waals surface area contributed by atoms with Gasteiger partial charge in [0.2, 0.25) is 0 Å². The van der Waals surface area contributed by atoms with Crippen LogP contribution in [-0.4, -0.2) is 9.55 Å². The Kier molecular flexibility index (Phi) is 1.29. The van der Waals surface area contributed by atoms with Crippen LogP contribution >= 0.6 is 0 Å². The molecule has 0 radical (unpaired) electrons. The van der Waals surface area contributed by atoms with Gasteiger partial charge >= 0.3 is 0 Å². The molecule has 11 heavy (non-hydrogen) atoms. The van der Waals surface area contributed by atoms with E-state index in [2.05, 4.69) is 16.5 Å². The van der Waals surface area contributed by atoms with Crippen LogP contribution < -0.4 is 5.73 Å². The van der Waals surface area contributed by atoms with Gasteiger partial charge in [0.1, 0.15) is 5.82 Å².